The lowest BCUT2D eigenvalue weighted by molar-refractivity contribution is 0.0696. The summed E-state index contributed by atoms with van der Waals surface area (Å²) in [7, 11) is -3.46. The van der Waals surface area contributed by atoms with Crippen molar-refractivity contribution in [2.24, 2.45) is 0 Å². The van der Waals surface area contributed by atoms with Crippen LogP contribution in [-0.4, -0.2) is 40.0 Å². The van der Waals surface area contributed by atoms with Gasteiger partial charge in [-0.15, -0.1) is 0 Å². The summed E-state index contributed by atoms with van der Waals surface area (Å²) < 4.78 is 25.2. The fourth-order valence-corrected chi connectivity index (χ4v) is 2.63. The van der Waals surface area contributed by atoms with E-state index in [1.54, 1.807) is 0 Å². The third kappa shape index (κ3) is 4.83. The van der Waals surface area contributed by atoms with Gasteiger partial charge >= 0.3 is 5.97 Å². The molecule has 1 N–H and O–H groups in total. The number of aromatic nitrogens is 2. The van der Waals surface area contributed by atoms with E-state index in [9.17, 15) is 13.2 Å². The molecule has 1 aromatic carbocycles. The van der Waals surface area contributed by atoms with Crippen molar-refractivity contribution in [2.75, 3.05) is 6.26 Å². The van der Waals surface area contributed by atoms with Crippen molar-refractivity contribution < 1.29 is 18.3 Å². The van der Waals surface area contributed by atoms with E-state index in [0.29, 0.717) is 0 Å². The van der Waals surface area contributed by atoms with Gasteiger partial charge in [-0.05, 0) is 12.5 Å². The summed E-state index contributed by atoms with van der Waals surface area (Å²) in [6.45, 7) is 2.13. The first kappa shape index (κ1) is 17.0. The Hall–Kier alpha value is -2.32. The predicted octanol–water partition coefficient (Wildman–Crippen LogP) is 1.45. The lowest BCUT2D eigenvalue weighted by Gasteiger charge is -2.19. The molecule has 0 atom stereocenters. The lowest BCUT2D eigenvalue weighted by Crippen LogP contribution is -2.30. The van der Waals surface area contributed by atoms with Gasteiger partial charge in [-0.3, -0.25) is 0 Å². The molecule has 0 fully saturated rings. The number of nitrogens with zero attached hydrogens (tertiary/aromatic N) is 3. The van der Waals surface area contributed by atoms with E-state index in [2.05, 4.69) is 9.97 Å². The standard InChI is InChI=1S/C15H17N3O4S/c1-11-3-5-12(6-4-11)9-18(23(2,21)22)10-14-16-7-13(8-17-14)15(19)20/h3-8H,9-10H2,1-2H3,(H,19,20). The monoisotopic (exact) mass is 335 g/mol. The van der Waals surface area contributed by atoms with Crippen molar-refractivity contribution in [2.45, 2.75) is 20.0 Å². The highest BCUT2D eigenvalue weighted by atomic mass is 32.2. The van der Waals surface area contributed by atoms with Gasteiger partial charge < -0.3 is 5.11 Å². The van der Waals surface area contributed by atoms with E-state index in [-0.39, 0.29) is 24.5 Å². The molecule has 0 aliphatic rings. The van der Waals surface area contributed by atoms with Crippen molar-refractivity contribution in [3.05, 3.63) is 59.2 Å². The van der Waals surface area contributed by atoms with Crippen LogP contribution in [0.5, 0.6) is 0 Å². The second-order valence-electron chi connectivity index (χ2n) is 5.21. The van der Waals surface area contributed by atoms with Crippen LogP contribution in [0.4, 0.5) is 0 Å². The molecule has 0 aliphatic heterocycles. The van der Waals surface area contributed by atoms with Gasteiger partial charge in [0, 0.05) is 18.9 Å². The Kier molecular flexibility index (Phi) is 5.07. The number of hydrogen-bond donors (Lipinski definition) is 1. The molecule has 1 heterocycles. The van der Waals surface area contributed by atoms with Crippen molar-refractivity contribution in [1.29, 1.82) is 0 Å². The molecule has 0 spiro atoms. The SMILES string of the molecule is Cc1ccc(CN(Cc2ncc(C(=O)O)cn2)S(C)(=O)=O)cc1. The highest BCUT2D eigenvalue weighted by molar-refractivity contribution is 7.88. The zero-order valence-corrected chi connectivity index (χ0v) is 13.6. The topological polar surface area (TPSA) is 100 Å². The molecule has 0 saturated carbocycles. The summed E-state index contributed by atoms with van der Waals surface area (Å²) in [5, 5.41) is 8.82. The number of hydrogen-bond acceptors (Lipinski definition) is 5. The highest BCUT2D eigenvalue weighted by Crippen LogP contribution is 2.12. The molecule has 23 heavy (non-hydrogen) atoms. The average molecular weight is 335 g/mol. The van der Waals surface area contributed by atoms with Crippen LogP contribution in [-0.2, 0) is 23.1 Å². The molecule has 2 aromatic rings. The first-order valence-corrected chi connectivity index (χ1v) is 8.65. The van der Waals surface area contributed by atoms with Gasteiger partial charge in [-0.1, -0.05) is 29.8 Å². The molecule has 0 amide bonds. The molecule has 8 heteroatoms. The van der Waals surface area contributed by atoms with Gasteiger partial charge in [0.25, 0.3) is 0 Å². The van der Waals surface area contributed by atoms with Gasteiger partial charge in [-0.25, -0.2) is 23.2 Å². The second-order valence-corrected chi connectivity index (χ2v) is 7.19. The normalized spacial score (nSPS) is 11.6. The summed E-state index contributed by atoms with van der Waals surface area (Å²) in [5.41, 5.74) is 1.90. The Morgan fingerprint density at radius 2 is 1.70 bits per heavy atom. The highest BCUT2D eigenvalue weighted by Gasteiger charge is 2.19. The molecule has 0 radical (unpaired) electrons. The third-order valence-electron chi connectivity index (χ3n) is 3.22. The maximum Gasteiger partial charge on any atom is 0.338 e. The minimum absolute atomic E-state index is 0.0212. The van der Waals surface area contributed by atoms with Crippen molar-refractivity contribution in [3.63, 3.8) is 0 Å². The quantitative estimate of drug-likeness (QED) is 0.857. The summed E-state index contributed by atoms with van der Waals surface area (Å²) in [4.78, 5) is 18.6. The fraction of sp³-hybridized carbons (Fsp3) is 0.267. The van der Waals surface area contributed by atoms with E-state index < -0.39 is 16.0 Å². The minimum Gasteiger partial charge on any atom is -0.478 e. The van der Waals surface area contributed by atoms with E-state index in [4.69, 9.17) is 5.11 Å². The van der Waals surface area contributed by atoms with Gasteiger partial charge in [0.1, 0.15) is 5.82 Å². The first-order valence-electron chi connectivity index (χ1n) is 6.80. The summed E-state index contributed by atoms with van der Waals surface area (Å²) in [6, 6.07) is 7.55. The molecule has 122 valence electrons. The summed E-state index contributed by atoms with van der Waals surface area (Å²) in [5.74, 6) is -0.885. The number of carbonyl (C=O) groups is 1. The molecule has 0 bridgehead atoms. The minimum atomic E-state index is -3.46. The van der Waals surface area contributed by atoms with Crippen LogP contribution in [0.3, 0.4) is 0 Å². The zero-order valence-electron chi connectivity index (χ0n) is 12.8. The maximum atomic E-state index is 12.0. The van der Waals surface area contributed by atoms with Crippen molar-refractivity contribution >= 4 is 16.0 Å². The lowest BCUT2D eigenvalue weighted by atomic mass is 10.1. The molecule has 0 aliphatic carbocycles. The Balaban J connectivity index is 2.19. The predicted molar refractivity (Wildman–Crippen MR) is 84.3 cm³/mol. The number of benzene rings is 1. The number of aromatic carboxylic acids is 1. The van der Waals surface area contributed by atoms with Gasteiger partial charge in [0.15, 0.2) is 0 Å². The van der Waals surface area contributed by atoms with Crippen LogP contribution >= 0.6 is 0 Å². The second kappa shape index (κ2) is 6.84. The van der Waals surface area contributed by atoms with Gasteiger partial charge in [0.2, 0.25) is 10.0 Å². The van der Waals surface area contributed by atoms with Crippen LogP contribution in [0.25, 0.3) is 0 Å². The molecule has 2 rings (SSSR count). The molecular formula is C15H17N3O4S. The van der Waals surface area contributed by atoms with E-state index in [1.807, 2.05) is 31.2 Å². The summed E-state index contributed by atoms with van der Waals surface area (Å²) in [6.07, 6.45) is 3.45. The number of rotatable bonds is 6. The average Bonchev–Trinajstić information content (AvgIpc) is 2.48. The smallest absolute Gasteiger partial charge is 0.338 e. The summed E-state index contributed by atoms with van der Waals surface area (Å²) >= 11 is 0. The van der Waals surface area contributed by atoms with E-state index >= 15 is 0 Å². The van der Waals surface area contributed by atoms with E-state index in [1.165, 1.54) is 4.31 Å². The number of carboxylic acid groups (broad SMARTS) is 1. The van der Waals surface area contributed by atoms with Crippen LogP contribution in [0.2, 0.25) is 0 Å². The van der Waals surface area contributed by atoms with Crippen LogP contribution < -0.4 is 0 Å². The molecule has 1 aromatic heterocycles. The Morgan fingerprint density at radius 3 is 2.17 bits per heavy atom. The van der Waals surface area contributed by atoms with Crippen LogP contribution in [0.15, 0.2) is 36.7 Å². The first-order chi connectivity index (χ1) is 10.8. The largest absolute Gasteiger partial charge is 0.478 e. The van der Waals surface area contributed by atoms with Crippen LogP contribution in [0, 0.1) is 6.92 Å². The Bertz CT molecular complexity index is 786. The number of aryl methyl sites for hydroxylation is 1. The fourth-order valence-electron chi connectivity index (χ4n) is 1.89. The zero-order chi connectivity index (χ0) is 17.0. The third-order valence-corrected chi connectivity index (χ3v) is 4.41. The Morgan fingerprint density at radius 1 is 1.13 bits per heavy atom. The maximum absolute atomic E-state index is 12.0. The molecular weight excluding hydrogens is 318 g/mol. The number of carboxylic acids is 1. The molecule has 0 unspecified atom stereocenters. The molecule has 7 nitrogen and oxygen atoms in total. The van der Waals surface area contributed by atoms with E-state index in [0.717, 1.165) is 29.8 Å². The van der Waals surface area contributed by atoms with Gasteiger partial charge in [0.05, 0.1) is 18.4 Å². The molecule has 0 saturated heterocycles. The van der Waals surface area contributed by atoms with Crippen LogP contribution in [0.1, 0.15) is 27.3 Å². The van der Waals surface area contributed by atoms with Crippen molar-refractivity contribution in [3.8, 4) is 0 Å². The van der Waals surface area contributed by atoms with Crippen molar-refractivity contribution in [1.82, 2.24) is 14.3 Å². The number of sulfonamides is 1. The Labute approximate surface area is 134 Å². The van der Waals surface area contributed by atoms with Gasteiger partial charge in [-0.2, -0.15) is 4.31 Å².